The summed E-state index contributed by atoms with van der Waals surface area (Å²) in [6.45, 7) is -1.59. The van der Waals surface area contributed by atoms with Gasteiger partial charge in [-0.05, 0) is 25.4 Å². The van der Waals surface area contributed by atoms with Gasteiger partial charge in [0.1, 0.15) is 11.6 Å². The number of aryl methyl sites for hydroxylation is 1. The Labute approximate surface area is 124 Å². The summed E-state index contributed by atoms with van der Waals surface area (Å²) in [5.41, 5.74) is 5.39. The monoisotopic (exact) mass is 288 g/mol. The number of fused-ring (bicyclic) bond motifs is 1. The minimum absolute atomic E-state index is 0.0556. The Kier molecular flexibility index (Phi) is 2.35. The third-order valence-electron chi connectivity index (χ3n) is 3.67. The molecule has 0 bridgehead atoms. The van der Waals surface area contributed by atoms with Crippen LogP contribution in [0.4, 0.5) is 5.69 Å². The summed E-state index contributed by atoms with van der Waals surface area (Å²) in [4.78, 5) is 40.7. The van der Waals surface area contributed by atoms with Crippen LogP contribution in [-0.2, 0) is 9.59 Å². The summed E-state index contributed by atoms with van der Waals surface area (Å²) in [6, 6.07) is 1.77. The molecule has 1 unspecified atom stereocenters. The predicted molar refractivity (Wildman–Crippen MR) is 78.1 cm³/mol. The van der Waals surface area contributed by atoms with E-state index in [0.717, 1.165) is 4.57 Å². The molecule has 1 atom stereocenters. The van der Waals surface area contributed by atoms with Crippen molar-refractivity contribution in [1.29, 1.82) is 0 Å². The van der Waals surface area contributed by atoms with Gasteiger partial charge >= 0.3 is 0 Å². The molecule has 0 amide bonds. The van der Waals surface area contributed by atoms with E-state index in [9.17, 15) is 14.4 Å². The van der Waals surface area contributed by atoms with Crippen molar-refractivity contribution < 1.29 is 13.7 Å². The number of carbonyl (C=O) groups excluding carboxylic acids is 2. The lowest BCUT2D eigenvalue weighted by molar-refractivity contribution is -0.132. The van der Waals surface area contributed by atoms with Gasteiger partial charge in [0.05, 0.1) is 24.7 Å². The van der Waals surface area contributed by atoms with Gasteiger partial charge < -0.3 is 5.73 Å². The van der Waals surface area contributed by atoms with Crippen molar-refractivity contribution in [2.75, 3.05) is 5.73 Å². The molecule has 6 nitrogen and oxygen atoms in total. The van der Waals surface area contributed by atoms with Crippen molar-refractivity contribution in [2.45, 2.75) is 32.2 Å². The molecule has 1 aliphatic rings. The summed E-state index contributed by atoms with van der Waals surface area (Å²) in [7, 11) is 0. The van der Waals surface area contributed by atoms with Gasteiger partial charge in [0.2, 0.25) is 0 Å². The molecule has 1 heterocycles. The Hall–Kier alpha value is -2.50. The lowest BCUT2D eigenvalue weighted by Crippen LogP contribution is -2.36. The van der Waals surface area contributed by atoms with E-state index in [2.05, 4.69) is 4.98 Å². The first-order chi connectivity index (χ1) is 11.3. The van der Waals surface area contributed by atoms with Crippen molar-refractivity contribution in [2.24, 2.45) is 0 Å². The average Bonchev–Trinajstić information content (AvgIpc) is 2.47. The number of anilines is 1. The molecule has 1 aliphatic carbocycles. The van der Waals surface area contributed by atoms with Crippen LogP contribution in [0.15, 0.2) is 23.0 Å². The fourth-order valence-electron chi connectivity index (χ4n) is 2.66. The number of aromatic nitrogens is 2. The van der Waals surface area contributed by atoms with Crippen LogP contribution in [0.25, 0.3) is 10.9 Å². The Morgan fingerprint density at radius 3 is 2.95 bits per heavy atom. The van der Waals surface area contributed by atoms with Crippen molar-refractivity contribution in [3.05, 3.63) is 34.4 Å². The van der Waals surface area contributed by atoms with Crippen LogP contribution in [0.3, 0.4) is 0 Å². The van der Waals surface area contributed by atoms with Gasteiger partial charge in [-0.1, -0.05) is 6.04 Å². The van der Waals surface area contributed by atoms with E-state index < -0.39 is 24.3 Å². The molecule has 21 heavy (non-hydrogen) atoms. The number of benzene rings is 1. The smallest absolute Gasteiger partial charge is 0.264 e. The van der Waals surface area contributed by atoms with E-state index in [-0.39, 0.29) is 53.5 Å². The first kappa shape index (κ1) is 10.3. The molecule has 3 rings (SSSR count). The number of nitrogens with two attached hydrogens (primary N) is 1. The highest BCUT2D eigenvalue weighted by atomic mass is 16.2. The molecule has 1 saturated carbocycles. The molecule has 2 aromatic rings. The van der Waals surface area contributed by atoms with Gasteiger partial charge in [-0.2, -0.15) is 0 Å². The topological polar surface area (TPSA) is 95.0 Å². The van der Waals surface area contributed by atoms with Gasteiger partial charge in [0.25, 0.3) is 5.56 Å². The molecular formula is C15H15N3O3. The third kappa shape index (κ3) is 2.12. The maximum Gasteiger partial charge on any atom is 0.264 e. The van der Waals surface area contributed by atoms with Gasteiger partial charge in [0.15, 0.2) is 5.78 Å². The van der Waals surface area contributed by atoms with Crippen molar-refractivity contribution in [3.63, 3.8) is 0 Å². The number of nitrogens with zero attached hydrogens (tertiary/aromatic N) is 2. The van der Waals surface area contributed by atoms with E-state index in [0.29, 0.717) is 0 Å². The maximum atomic E-state index is 12.9. The van der Waals surface area contributed by atoms with Crippen LogP contribution < -0.4 is 11.3 Å². The maximum absolute atomic E-state index is 12.9. The number of ketones is 2. The molecular weight excluding hydrogens is 270 g/mol. The van der Waals surface area contributed by atoms with Crippen LogP contribution in [0.1, 0.15) is 35.2 Å². The number of Topliss-reactive ketones (excluding diaryl/α,β-unsaturated/α-hetero) is 2. The van der Waals surface area contributed by atoms with E-state index in [1.807, 2.05) is 0 Å². The van der Waals surface area contributed by atoms with Gasteiger partial charge in [-0.15, -0.1) is 0 Å². The second-order valence-corrected chi connectivity index (χ2v) is 5.05. The largest absolute Gasteiger partial charge is 0.398 e. The number of hydrogen-bond acceptors (Lipinski definition) is 5. The highest BCUT2D eigenvalue weighted by molar-refractivity contribution is 6.03. The van der Waals surface area contributed by atoms with Gasteiger partial charge in [-0.3, -0.25) is 19.0 Å². The van der Waals surface area contributed by atoms with E-state index >= 15 is 0 Å². The summed E-state index contributed by atoms with van der Waals surface area (Å²) in [5.74, 6) is -0.802. The highest BCUT2D eigenvalue weighted by Gasteiger charge is 2.30. The number of nitrogen functional groups attached to an aromatic ring is 1. The number of carbonyl (C=O) groups is 2. The highest BCUT2D eigenvalue weighted by Crippen LogP contribution is 2.24. The third-order valence-corrected chi connectivity index (χ3v) is 3.67. The molecule has 1 fully saturated rings. The average molecular weight is 288 g/mol. The Bertz CT molecular complexity index is 924. The zero-order chi connectivity index (χ0) is 17.6. The normalized spacial score (nSPS) is 21.4. The van der Waals surface area contributed by atoms with Gasteiger partial charge in [-0.25, -0.2) is 4.98 Å². The molecule has 2 N–H and O–H groups in total. The molecule has 6 heteroatoms. The molecule has 0 aliphatic heterocycles. The number of hydrogen-bond donors (Lipinski definition) is 1. The second kappa shape index (κ2) is 4.80. The van der Waals surface area contributed by atoms with E-state index in [4.69, 9.17) is 9.85 Å². The molecule has 1 aromatic heterocycles. The predicted octanol–water partition coefficient (Wildman–Crippen LogP) is 1.15. The van der Waals surface area contributed by atoms with Crippen LogP contribution in [-0.4, -0.2) is 21.1 Å². The Balaban J connectivity index is 2.32. The quantitative estimate of drug-likeness (QED) is 0.627. The second-order valence-electron chi connectivity index (χ2n) is 5.05. The van der Waals surface area contributed by atoms with Crippen molar-refractivity contribution in [1.82, 2.24) is 9.55 Å². The zero-order valence-corrected chi connectivity index (χ0v) is 11.1. The Morgan fingerprint density at radius 2 is 2.24 bits per heavy atom. The summed E-state index contributed by atoms with van der Waals surface area (Å²) >= 11 is 0. The van der Waals surface area contributed by atoms with Crippen LogP contribution in [0.5, 0.6) is 0 Å². The standard InChI is InChI=1S/C15H15N3O3/c1-8-17-11-4-2-3-10(16)14(11)15(21)18(8)12-6-5-9(19)7-13(12)20/h2-4,12H,5-7,16H2,1H3/i1D2,2D. The SMILES string of the molecule is [2H]c1cc(N)c2c(=O)n(C3CCC(=O)CC3=O)c(C([2H])[2H])nc2c1. The molecule has 0 saturated heterocycles. The minimum Gasteiger partial charge on any atom is -0.398 e. The van der Waals surface area contributed by atoms with Crippen molar-refractivity contribution >= 4 is 28.2 Å². The fraction of sp³-hybridized carbons (Fsp3) is 0.333. The fourth-order valence-corrected chi connectivity index (χ4v) is 2.66. The molecule has 108 valence electrons. The summed E-state index contributed by atoms with van der Waals surface area (Å²) in [6.07, 6.45) is 0.0272. The summed E-state index contributed by atoms with van der Waals surface area (Å²) in [5, 5.41) is 0.0556. The van der Waals surface area contributed by atoms with E-state index in [1.165, 1.54) is 12.1 Å². The van der Waals surface area contributed by atoms with Gasteiger partial charge in [0, 0.05) is 14.8 Å². The Morgan fingerprint density at radius 1 is 1.43 bits per heavy atom. The first-order valence-corrected chi connectivity index (χ1v) is 6.50. The molecule has 0 radical (unpaired) electrons. The number of rotatable bonds is 1. The minimum atomic E-state index is -1.59. The van der Waals surface area contributed by atoms with Crippen LogP contribution in [0, 0.1) is 6.88 Å². The lowest BCUT2D eigenvalue weighted by Gasteiger charge is -2.24. The van der Waals surface area contributed by atoms with Crippen LogP contribution in [0.2, 0.25) is 0 Å². The molecule has 1 aromatic carbocycles. The first-order valence-electron chi connectivity index (χ1n) is 8.16. The summed E-state index contributed by atoms with van der Waals surface area (Å²) < 4.78 is 24.0. The lowest BCUT2D eigenvalue weighted by atomic mass is 9.92. The van der Waals surface area contributed by atoms with E-state index in [1.54, 1.807) is 0 Å². The van der Waals surface area contributed by atoms with Crippen molar-refractivity contribution in [3.8, 4) is 0 Å². The van der Waals surface area contributed by atoms with Crippen LogP contribution >= 0.6 is 0 Å². The zero-order valence-electron chi connectivity index (χ0n) is 14.1. The molecule has 0 spiro atoms.